The molecule has 1 aliphatic heterocycles. The fraction of sp³-hybridized carbons (Fsp3) is 0.696. The van der Waals surface area contributed by atoms with Crippen molar-refractivity contribution in [3.63, 3.8) is 0 Å². The Hall–Kier alpha value is -0.980. The number of amides is 1. The molecule has 0 atom stereocenters. The predicted molar refractivity (Wildman–Crippen MR) is 117 cm³/mol. The molecular formula is C23H34BrFN2O2. The van der Waals surface area contributed by atoms with Crippen molar-refractivity contribution in [1.82, 2.24) is 10.2 Å². The molecule has 1 amide bonds. The van der Waals surface area contributed by atoms with Gasteiger partial charge in [0.15, 0.2) is 0 Å². The highest BCUT2D eigenvalue weighted by molar-refractivity contribution is 9.10. The van der Waals surface area contributed by atoms with Gasteiger partial charge in [0.05, 0.1) is 0 Å². The van der Waals surface area contributed by atoms with E-state index in [9.17, 15) is 9.18 Å². The molecule has 0 unspecified atom stereocenters. The molecule has 1 saturated carbocycles. The number of carbonyl (C=O) groups excluding carboxylic acids is 1. The molecule has 1 aliphatic carbocycles. The van der Waals surface area contributed by atoms with E-state index in [2.05, 4.69) is 26.1 Å². The highest BCUT2D eigenvalue weighted by Crippen LogP contribution is 2.29. The monoisotopic (exact) mass is 468 g/mol. The van der Waals surface area contributed by atoms with Gasteiger partial charge >= 0.3 is 0 Å². The second-order valence-corrected chi connectivity index (χ2v) is 9.66. The molecular weight excluding hydrogens is 435 g/mol. The van der Waals surface area contributed by atoms with Gasteiger partial charge in [0.25, 0.3) is 0 Å². The quantitative estimate of drug-likeness (QED) is 0.598. The summed E-state index contributed by atoms with van der Waals surface area (Å²) in [5.74, 6) is 1.03. The molecule has 1 aromatic carbocycles. The van der Waals surface area contributed by atoms with Crippen LogP contribution in [0.15, 0.2) is 22.7 Å². The van der Waals surface area contributed by atoms with E-state index in [1.165, 1.54) is 51.1 Å². The molecule has 6 heteroatoms. The first kappa shape index (κ1) is 22.7. The Morgan fingerprint density at radius 1 is 1.14 bits per heavy atom. The highest BCUT2D eigenvalue weighted by atomic mass is 79.9. The molecule has 0 radical (unpaired) electrons. The summed E-state index contributed by atoms with van der Waals surface area (Å²) in [6.07, 6.45) is 10.3. The summed E-state index contributed by atoms with van der Waals surface area (Å²) in [5.41, 5.74) is 1.09. The molecule has 29 heavy (non-hydrogen) atoms. The number of hydrogen-bond donors (Lipinski definition) is 2. The summed E-state index contributed by atoms with van der Waals surface area (Å²) in [4.78, 5) is 13.9. The van der Waals surface area contributed by atoms with Crippen molar-refractivity contribution < 1.29 is 14.3 Å². The van der Waals surface area contributed by atoms with Gasteiger partial charge in [-0.05, 0) is 113 Å². The van der Waals surface area contributed by atoms with Gasteiger partial charge in [-0.1, -0.05) is 15.9 Å². The van der Waals surface area contributed by atoms with Gasteiger partial charge in [0.2, 0.25) is 5.91 Å². The van der Waals surface area contributed by atoms with Crippen LogP contribution in [0.25, 0.3) is 0 Å². The van der Waals surface area contributed by atoms with Crippen molar-refractivity contribution in [3.8, 4) is 0 Å². The summed E-state index contributed by atoms with van der Waals surface area (Å²) in [7, 11) is 0. The van der Waals surface area contributed by atoms with Crippen LogP contribution >= 0.6 is 15.9 Å². The number of carbonyl (C=O) groups is 1. The van der Waals surface area contributed by atoms with E-state index in [0.29, 0.717) is 5.92 Å². The van der Waals surface area contributed by atoms with Gasteiger partial charge in [0.1, 0.15) is 12.4 Å². The van der Waals surface area contributed by atoms with Crippen molar-refractivity contribution in [2.24, 2.45) is 11.8 Å². The Labute approximate surface area is 182 Å². The van der Waals surface area contributed by atoms with E-state index in [0.717, 1.165) is 48.3 Å². The van der Waals surface area contributed by atoms with Gasteiger partial charge in [-0.25, -0.2) is 4.39 Å². The second kappa shape index (κ2) is 11.4. The minimum atomic E-state index is -0.407. The third-order valence-electron chi connectivity index (χ3n) is 6.67. The van der Waals surface area contributed by atoms with E-state index in [-0.39, 0.29) is 17.8 Å². The summed E-state index contributed by atoms with van der Waals surface area (Å²) >= 11 is 3.55. The molecule has 162 valence electrons. The fourth-order valence-electron chi connectivity index (χ4n) is 4.90. The Kier molecular flexibility index (Phi) is 8.94. The number of piperidine rings is 1. The van der Waals surface area contributed by atoms with Gasteiger partial charge in [-0.15, -0.1) is 0 Å². The first-order chi connectivity index (χ1) is 14.0. The van der Waals surface area contributed by atoms with Crippen LogP contribution in [0.1, 0.15) is 56.9 Å². The summed E-state index contributed by atoms with van der Waals surface area (Å²) in [6.45, 7) is 3.07. The topological polar surface area (TPSA) is 52.6 Å². The normalized spacial score (nSPS) is 23.8. The van der Waals surface area contributed by atoms with Crippen molar-refractivity contribution >= 4 is 21.8 Å². The maximum Gasteiger partial charge on any atom is 0.245 e. The fourth-order valence-corrected chi connectivity index (χ4v) is 5.31. The lowest BCUT2D eigenvalue weighted by Crippen LogP contribution is -2.39. The largest absolute Gasteiger partial charge is 0.387 e. The van der Waals surface area contributed by atoms with Gasteiger partial charge in [-0.3, -0.25) is 4.79 Å². The van der Waals surface area contributed by atoms with Gasteiger partial charge in [0, 0.05) is 10.5 Å². The highest BCUT2D eigenvalue weighted by Gasteiger charge is 2.23. The molecule has 0 aromatic heterocycles. The maximum atomic E-state index is 13.5. The Morgan fingerprint density at radius 3 is 2.55 bits per heavy atom. The van der Waals surface area contributed by atoms with E-state index >= 15 is 0 Å². The standard InChI is InChI=1S/C23H34BrFN2O2/c24-22-8-5-20(25)15-19(22)14-18-9-12-27(13-10-18)11-1-2-17-3-6-21(7-4-17)26-23(29)16-28/h5,8,15,17-18,21,28H,1-4,6-7,9-14,16H2,(H,26,29). The number of aliphatic hydroxyl groups is 1. The zero-order valence-corrected chi connectivity index (χ0v) is 18.8. The van der Waals surface area contributed by atoms with Crippen LogP contribution in [0.5, 0.6) is 0 Å². The van der Waals surface area contributed by atoms with Crippen LogP contribution in [-0.2, 0) is 11.2 Å². The first-order valence-electron chi connectivity index (χ1n) is 11.1. The van der Waals surface area contributed by atoms with E-state index in [4.69, 9.17) is 5.11 Å². The Bertz CT molecular complexity index is 656. The smallest absolute Gasteiger partial charge is 0.245 e. The van der Waals surface area contributed by atoms with Crippen molar-refractivity contribution in [3.05, 3.63) is 34.1 Å². The zero-order chi connectivity index (χ0) is 20.6. The van der Waals surface area contributed by atoms with E-state index in [1.807, 2.05) is 6.07 Å². The first-order valence-corrected chi connectivity index (χ1v) is 11.9. The number of hydrogen-bond acceptors (Lipinski definition) is 3. The van der Waals surface area contributed by atoms with E-state index < -0.39 is 6.61 Å². The molecule has 3 rings (SSSR count). The lowest BCUT2D eigenvalue weighted by Gasteiger charge is -2.33. The number of benzene rings is 1. The zero-order valence-electron chi connectivity index (χ0n) is 17.2. The van der Waals surface area contributed by atoms with Gasteiger partial charge in [-0.2, -0.15) is 0 Å². The molecule has 1 aromatic rings. The molecule has 1 heterocycles. The third kappa shape index (κ3) is 7.34. The van der Waals surface area contributed by atoms with E-state index in [1.54, 1.807) is 6.07 Å². The minimum absolute atomic E-state index is 0.148. The summed E-state index contributed by atoms with van der Waals surface area (Å²) in [5, 5.41) is 11.7. The number of halogens is 2. The van der Waals surface area contributed by atoms with Crippen LogP contribution < -0.4 is 5.32 Å². The molecule has 2 fully saturated rings. The lowest BCUT2D eigenvalue weighted by atomic mass is 9.83. The Morgan fingerprint density at radius 2 is 1.86 bits per heavy atom. The van der Waals surface area contributed by atoms with Crippen LogP contribution in [0.4, 0.5) is 4.39 Å². The van der Waals surface area contributed by atoms with Crippen molar-refractivity contribution in [2.75, 3.05) is 26.2 Å². The average molecular weight is 469 g/mol. The van der Waals surface area contributed by atoms with Crippen LogP contribution in [0.2, 0.25) is 0 Å². The lowest BCUT2D eigenvalue weighted by molar-refractivity contribution is -0.124. The Balaban J connectivity index is 1.29. The maximum absolute atomic E-state index is 13.5. The van der Waals surface area contributed by atoms with Gasteiger partial charge < -0.3 is 15.3 Å². The molecule has 2 aliphatic rings. The van der Waals surface area contributed by atoms with Crippen molar-refractivity contribution in [2.45, 2.75) is 63.8 Å². The summed E-state index contributed by atoms with van der Waals surface area (Å²) < 4.78 is 14.5. The number of aliphatic hydroxyl groups excluding tert-OH is 1. The number of rotatable bonds is 8. The van der Waals surface area contributed by atoms with Crippen molar-refractivity contribution in [1.29, 1.82) is 0 Å². The molecule has 0 bridgehead atoms. The molecule has 4 nitrogen and oxygen atoms in total. The average Bonchev–Trinajstić information content (AvgIpc) is 2.73. The number of nitrogens with zero attached hydrogens (tertiary/aromatic N) is 1. The summed E-state index contributed by atoms with van der Waals surface area (Å²) in [6, 6.07) is 5.24. The minimum Gasteiger partial charge on any atom is -0.387 e. The number of likely N-dealkylation sites (tertiary alicyclic amines) is 1. The number of nitrogens with one attached hydrogen (secondary N) is 1. The SMILES string of the molecule is O=C(CO)NC1CCC(CCCN2CCC(Cc3cc(F)ccc3Br)CC2)CC1. The van der Waals surface area contributed by atoms with Crippen LogP contribution in [0, 0.1) is 17.7 Å². The van der Waals surface area contributed by atoms with Crippen LogP contribution in [0.3, 0.4) is 0 Å². The third-order valence-corrected chi connectivity index (χ3v) is 7.44. The molecule has 2 N–H and O–H groups in total. The molecule has 1 saturated heterocycles. The second-order valence-electron chi connectivity index (χ2n) is 8.81. The molecule has 0 spiro atoms. The predicted octanol–water partition coefficient (Wildman–Crippen LogP) is 4.29. The van der Waals surface area contributed by atoms with Crippen LogP contribution in [-0.4, -0.2) is 48.2 Å².